The van der Waals surface area contributed by atoms with E-state index in [0.717, 1.165) is 17.4 Å². The number of hydrogen-bond acceptors (Lipinski definition) is 2. The summed E-state index contributed by atoms with van der Waals surface area (Å²) in [5, 5.41) is 4.48. The van der Waals surface area contributed by atoms with Crippen LogP contribution in [0.3, 0.4) is 0 Å². The number of ether oxygens (including phenoxy) is 1. The van der Waals surface area contributed by atoms with E-state index >= 15 is 0 Å². The molecule has 21 heavy (non-hydrogen) atoms. The first-order valence-electron chi connectivity index (χ1n) is 7.03. The molecule has 0 amide bonds. The zero-order valence-corrected chi connectivity index (χ0v) is 11.5. The highest BCUT2D eigenvalue weighted by molar-refractivity contribution is 5.80. The third kappa shape index (κ3) is 3.98. The molecular formula is C15H17F3N2O. The van der Waals surface area contributed by atoms with Gasteiger partial charge in [0.2, 0.25) is 0 Å². The van der Waals surface area contributed by atoms with Crippen molar-refractivity contribution >= 4 is 10.9 Å². The molecule has 1 heterocycles. The lowest BCUT2D eigenvalue weighted by molar-refractivity contribution is -0.325. The average molecular weight is 298 g/mol. The molecule has 0 unspecified atom stereocenters. The molecule has 3 nitrogen and oxygen atoms in total. The average Bonchev–Trinajstić information content (AvgIpc) is 3.17. The van der Waals surface area contributed by atoms with Gasteiger partial charge in [-0.15, -0.1) is 13.2 Å². The maximum absolute atomic E-state index is 12.0. The van der Waals surface area contributed by atoms with Gasteiger partial charge in [0, 0.05) is 30.8 Å². The minimum Gasteiger partial charge on any atom is -0.345 e. The van der Waals surface area contributed by atoms with Crippen molar-refractivity contribution in [3.63, 3.8) is 0 Å². The van der Waals surface area contributed by atoms with Crippen LogP contribution in [0.15, 0.2) is 30.5 Å². The first-order chi connectivity index (χ1) is 10.0. The number of benzene rings is 1. The van der Waals surface area contributed by atoms with E-state index in [1.807, 2.05) is 18.2 Å². The number of halogens is 3. The Bertz CT molecular complexity index is 617. The summed E-state index contributed by atoms with van der Waals surface area (Å²) < 4.78 is 41.5. The summed E-state index contributed by atoms with van der Waals surface area (Å²) in [6, 6.07) is 8.62. The van der Waals surface area contributed by atoms with Gasteiger partial charge in [-0.1, -0.05) is 6.07 Å². The lowest BCUT2D eigenvalue weighted by Crippen LogP contribution is -2.17. The highest BCUT2D eigenvalue weighted by Crippen LogP contribution is 2.22. The molecule has 1 aliphatic carbocycles. The molecule has 2 aromatic rings. The minimum absolute atomic E-state index is 0.183. The van der Waals surface area contributed by atoms with Gasteiger partial charge in [-0.25, -0.2) is 0 Å². The Labute approximate surface area is 120 Å². The molecule has 0 aliphatic heterocycles. The van der Waals surface area contributed by atoms with Crippen LogP contribution < -0.4 is 5.32 Å². The summed E-state index contributed by atoms with van der Waals surface area (Å²) >= 11 is 0. The SMILES string of the molecule is FC(F)(F)OCCn1ccc2cc(CNC3CC3)ccc21. The highest BCUT2D eigenvalue weighted by atomic mass is 19.4. The summed E-state index contributed by atoms with van der Waals surface area (Å²) in [7, 11) is 0. The number of nitrogens with zero attached hydrogens (tertiary/aromatic N) is 1. The Morgan fingerprint density at radius 1 is 1.24 bits per heavy atom. The second kappa shape index (κ2) is 5.69. The van der Waals surface area contributed by atoms with E-state index in [0.29, 0.717) is 6.04 Å². The lowest BCUT2D eigenvalue weighted by atomic mass is 10.1. The van der Waals surface area contributed by atoms with Gasteiger partial charge < -0.3 is 9.88 Å². The van der Waals surface area contributed by atoms with Gasteiger partial charge in [-0.05, 0) is 42.0 Å². The molecule has 1 N–H and O–H groups in total. The van der Waals surface area contributed by atoms with Crippen molar-refractivity contribution in [1.82, 2.24) is 9.88 Å². The smallest absolute Gasteiger partial charge is 0.345 e. The number of aromatic nitrogens is 1. The Morgan fingerprint density at radius 3 is 2.76 bits per heavy atom. The minimum atomic E-state index is -4.56. The number of fused-ring (bicyclic) bond motifs is 1. The Kier molecular flexibility index (Phi) is 3.91. The molecule has 1 saturated carbocycles. The first-order valence-corrected chi connectivity index (χ1v) is 7.03. The molecule has 6 heteroatoms. The summed E-state index contributed by atoms with van der Waals surface area (Å²) in [6.07, 6.45) is -0.275. The van der Waals surface area contributed by atoms with E-state index in [4.69, 9.17) is 0 Å². The molecular weight excluding hydrogens is 281 g/mol. The molecule has 1 fully saturated rings. The van der Waals surface area contributed by atoms with Gasteiger partial charge >= 0.3 is 6.36 Å². The molecule has 3 rings (SSSR count). The van der Waals surface area contributed by atoms with Crippen LogP contribution in [0, 0.1) is 0 Å². The van der Waals surface area contributed by atoms with Crippen molar-refractivity contribution in [1.29, 1.82) is 0 Å². The van der Waals surface area contributed by atoms with Crippen LogP contribution in [0.2, 0.25) is 0 Å². The van der Waals surface area contributed by atoms with Crippen molar-refractivity contribution in [3.05, 3.63) is 36.0 Å². The topological polar surface area (TPSA) is 26.2 Å². The summed E-state index contributed by atoms with van der Waals surface area (Å²) in [5.74, 6) is 0. The Hall–Kier alpha value is -1.53. The zero-order valence-electron chi connectivity index (χ0n) is 11.5. The van der Waals surface area contributed by atoms with Crippen LogP contribution in [-0.4, -0.2) is 23.6 Å². The predicted octanol–water partition coefficient (Wildman–Crippen LogP) is 3.43. The Balaban J connectivity index is 1.64. The van der Waals surface area contributed by atoms with Gasteiger partial charge in [-0.2, -0.15) is 0 Å². The van der Waals surface area contributed by atoms with Gasteiger partial charge in [-0.3, -0.25) is 4.74 Å². The monoisotopic (exact) mass is 298 g/mol. The van der Waals surface area contributed by atoms with Crippen LogP contribution in [0.1, 0.15) is 18.4 Å². The third-order valence-corrected chi connectivity index (χ3v) is 3.61. The van der Waals surface area contributed by atoms with E-state index < -0.39 is 6.36 Å². The van der Waals surface area contributed by atoms with Crippen LogP contribution >= 0.6 is 0 Å². The van der Waals surface area contributed by atoms with Crippen LogP contribution in [-0.2, 0) is 17.8 Å². The predicted molar refractivity (Wildman–Crippen MR) is 73.8 cm³/mol. The highest BCUT2D eigenvalue weighted by Gasteiger charge is 2.28. The third-order valence-electron chi connectivity index (χ3n) is 3.61. The van der Waals surface area contributed by atoms with E-state index in [2.05, 4.69) is 16.1 Å². The fourth-order valence-corrected chi connectivity index (χ4v) is 2.36. The molecule has 114 valence electrons. The number of hydrogen-bond donors (Lipinski definition) is 1. The van der Waals surface area contributed by atoms with E-state index in [1.54, 1.807) is 10.8 Å². The Morgan fingerprint density at radius 2 is 2.05 bits per heavy atom. The summed E-state index contributed by atoms with van der Waals surface area (Å²) in [6.45, 7) is 0.643. The normalized spacial score (nSPS) is 15.8. The van der Waals surface area contributed by atoms with E-state index in [9.17, 15) is 13.2 Å². The molecule has 0 atom stereocenters. The summed E-state index contributed by atoms with van der Waals surface area (Å²) in [4.78, 5) is 0. The quantitative estimate of drug-likeness (QED) is 0.884. The fourth-order valence-electron chi connectivity index (χ4n) is 2.36. The second-order valence-corrected chi connectivity index (χ2v) is 5.35. The van der Waals surface area contributed by atoms with E-state index in [-0.39, 0.29) is 13.2 Å². The van der Waals surface area contributed by atoms with Gasteiger partial charge in [0.1, 0.15) is 0 Å². The fraction of sp³-hybridized carbons (Fsp3) is 0.467. The largest absolute Gasteiger partial charge is 0.522 e. The van der Waals surface area contributed by atoms with Crippen LogP contribution in [0.5, 0.6) is 0 Å². The van der Waals surface area contributed by atoms with Gasteiger partial charge in [0.15, 0.2) is 0 Å². The van der Waals surface area contributed by atoms with Crippen molar-refractivity contribution in [3.8, 4) is 0 Å². The lowest BCUT2D eigenvalue weighted by Gasteiger charge is -2.09. The van der Waals surface area contributed by atoms with Crippen LogP contribution in [0.4, 0.5) is 13.2 Å². The maximum atomic E-state index is 12.0. The molecule has 1 aromatic carbocycles. The van der Waals surface area contributed by atoms with E-state index in [1.165, 1.54) is 18.4 Å². The molecule has 1 aliphatic rings. The molecule has 0 radical (unpaired) electrons. The molecule has 0 saturated heterocycles. The molecule has 0 bridgehead atoms. The number of nitrogens with one attached hydrogen (secondary N) is 1. The van der Waals surface area contributed by atoms with Gasteiger partial charge in [0.25, 0.3) is 0 Å². The van der Waals surface area contributed by atoms with Crippen LogP contribution in [0.25, 0.3) is 10.9 Å². The second-order valence-electron chi connectivity index (χ2n) is 5.35. The maximum Gasteiger partial charge on any atom is 0.522 e. The van der Waals surface area contributed by atoms with Crippen molar-refractivity contribution < 1.29 is 17.9 Å². The molecule has 0 spiro atoms. The van der Waals surface area contributed by atoms with Crippen molar-refractivity contribution in [2.45, 2.75) is 38.3 Å². The molecule has 1 aromatic heterocycles. The van der Waals surface area contributed by atoms with Crippen molar-refractivity contribution in [2.24, 2.45) is 0 Å². The number of alkyl halides is 3. The standard InChI is InChI=1S/C15H17F3N2O/c16-15(17,18)21-8-7-20-6-5-12-9-11(1-4-14(12)20)10-19-13-2-3-13/h1,4-6,9,13,19H,2-3,7-8,10H2. The zero-order chi connectivity index (χ0) is 14.9. The number of rotatable bonds is 6. The van der Waals surface area contributed by atoms with Gasteiger partial charge in [0.05, 0.1) is 6.61 Å². The summed E-state index contributed by atoms with van der Waals surface area (Å²) in [5.41, 5.74) is 2.12. The first kappa shape index (κ1) is 14.4. The van der Waals surface area contributed by atoms with Crippen molar-refractivity contribution in [2.75, 3.05) is 6.61 Å².